The molecule has 1 N–H and O–H groups in total. The fourth-order valence-electron chi connectivity index (χ4n) is 2.68. The Morgan fingerprint density at radius 2 is 1.89 bits per heavy atom. The highest BCUT2D eigenvalue weighted by atomic mass is 79.9. The van der Waals surface area contributed by atoms with E-state index < -0.39 is 5.60 Å². The standard InChI is InChI=1S/C16H16BrNO/c1-11-18-15-9-8-13(17)10-14(15)16(2,19-11)12-6-4-3-5-7-12/h3-11,18H,1-2H3. The molecular formula is C16H16BrNO. The number of anilines is 1. The number of fused-ring (bicyclic) bond motifs is 1. The first kappa shape index (κ1) is 12.7. The van der Waals surface area contributed by atoms with Crippen LogP contribution in [0.1, 0.15) is 25.0 Å². The summed E-state index contributed by atoms with van der Waals surface area (Å²) in [6.45, 7) is 4.16. The lowest BCUT2D eigenvalue weighted by Crippen LogP contribution is -2.40. The Hall–Kier alpha value is -1.32. The van der Waals surface area contributed by atoms with Crippen molar-refractivity contribution in [2.24, 2.45) is 0 Å². The lowest BCUT2D eigenvalue weighted by atomic mass is 9.85. The molecule has 0 spiro atoms. The van der Waals surface area contributed by atoms with E-state index in [1.807, 2.05) is 25.1 Å². The van der Waals surface area contributed by atoms with Crippen molar-refractivity contribution in [3.63, 3.8) is 0 Å². The summed E-state index contributed by atoms with van der Waals surface area (Å²) >= 11 is 3.55. The smallest absolute Gasteiger partial charge is 0.126 e. The van der Waals surface area contributed by atoms with Crippen molar-refractivity contribution >= 4 is 21.6 Å². The zero-order chi connectivity index (χ0) is 13.5. The molecule has 2 unspecified atom stereocenters. The van der Waals surface area contributed by atoms with Gasteiger partial charge in [-0.1, -0.05) is 46.3 Å². The summed E-state index contributed by atoms with van der Waals surface area (Å²) < 4.78 is 7.27. The zero-order valence-electron chi connectivity index (χ0n) is 11.0. The van der Waals surface area contributed by atoms with Crippen LogP contribution in [0.4, 0.5) is 5.69 Å². The molecule has 1 aliphatic rings. The van der Waals surface area contributed by atoms with Crippen LogP contribution in [0, 0.1) is 0 Å². The van der Waals surface area contributed by atoms with E-state index in [9.17, 15) is 0 Å². The molecule has 0 aliphatic carbocycles. The maximum atomic E-state index is 6.21. The normalized spacial score (nSPS) is 25.5. The van der Waals surface area contributed by atoms with Gasteiger partial charge in [0.15, 0.2) is 0 Å². The second-order valence-electron chi connectivity index (χ2n) is 4.99. The van der Waals surface area contributed by atoms with Crippen molar-refractivity contribution in [1.29, 1.82) is 0 Å². The molecule has 0 saturated heterocycles. The maximum Gasteiger partial charge on any atom is 0.126 e. The molecule has 1 aliphatic heterocycles. The van der Waals surface area contributed by atoms with Gasteiger partial charge in [-0.05, 0) is 37.6 Å². The van der Waals surface area contributed by atoms with Crippen LogP contribution in [0.25, 0.3) is 0 Å². The molecule has 0 saturated carbocycles. The van der Waals surface area contributed by atoms with Crippen molar-refractivity contribution in [2.45, 2.75) is 25.7 Å². The van der Waals surface area contributed by atoms with Crippen molar-refractivity contribution in [3.8, 4) is 0 Å². The van der Waals surface area contributed by atoms with Crippen LogP contribution in [0.15, 0.2) is 53.0 Å². The quantitative estimate of drug-likeness (QED) is 0.836. The molecule has 2 aromatic rings. The maximum absolute atomic E-state index is 6.21. The van der Waals surface area contributed by atoms with E-state index >= 15 is 0 Å². The molecule has 0 fully saturated rings. The number of halogens is 1. The van der Waals surface area contributed by atoms with Gasteiger partial charge in [-0.3, -0.25) is 0 Å². The SMILES string of the molecule is CC1Nc2ccc(Br)cc2C(C)(c2ccccc2)O1. The molecule has 0 aromatic heterocycles. The van der Waals surface area contributed by atoms with Gasteiger partial charge in [0.2, 0.25) is 0 Å². The van der Waals surface area contributed by atoms with Gasteiger partial charge in [-0.2, -0.15) is 0 Å². The van der Waals surface area contributed by atoms with Gasteiger partial charge in [0, 0.05) is 15.7 Å². The van der Waals surface area contributed by atoms with Gasteiger partial charge >= 0.3 is 0 Å². The summed E-state index contributed by atoms with van der Waals surface area (Å²) in [5.74, 6) is 0. The van der Waals surface area contributed by atoms with Gasteiger partial charge in [0.25, 0.3) is 0 Å². The molecule has 0 radical (unpaired) electrons. The average Bonchev–Trinajstić information content (AvgIpc) is 2.41. The minimum absolute atomic E-state index is 0.0149. The lowest BCUT2D eigenvalue weighted by molar-refractivity contribution is -0.0476. The Balaban J connectivity index is 2.20. The molecular weight excluding hydrogens is 302 g/mol. The van der Waals surface area contributed by atoms with E-state index in [2.05, 4.69) is 58.5 Å². The Kier molecular flexibility index (Phi) is 3.11. The average molecular weight is 318 g/mol. The van der Waals surface area contributed by atoms with E-state index in [0.717, 1.165) is 15.7 Å². The first-order valence-electron chi connectivity index (χ1n) is 6.39. The third kappa shape index (κ3) is 2.17. The monoisotopic (exact) mass is 317 g/mol. The lowest BCUT2D eigenvalue weighted by Gasteiger charge is -2.40. The number of hydrogen-bond acceptors (Lipinski definition) is 2. The summed E-state index contributed by atoms with van der Waals surface area (Å²) in [5.41, 5.74) is 3.03. The van der Waals surface area contributed by atoms with Gasteiger partial charge in [-0.25, -0.2) is 0 Å². The molecule has 1 heterocycles. The number of ether oxygens (including phenoxy) is 1. The first-order chi connectivity index (χ1) is 9.09. The molecule has 3 heteroatoms. The number of benzene rings is 2. The summed E-state index contributed by atoms with van der Waals surface area (Å²) in [7, 11) is 0. The topological polar surface area (TPSA) is 21.3 Å². The van der Waals surface area contributed by atoms with Crippen LogP contribution >= 0.6 is 15.9 Å². The molecule has 0 amide bonds. The van der Waals surface area contributed by atoms with E-state index in [1.54, 1.807) is 0 Å². The van der Waals surface area contributed by atoms with Crippen molar-refractivity contribution in [1.82, 2.24) is 0 Å². The molecule has 0 bridgehead atoms. The molecule has 2 atom stereocenters. The van der Waals surface area contributed by atoms with Crippen LogP contribution in [0.2, 0.25) is 0 Å². The fourth-order valence-corrected chi connectivity index (χ4v) is 3.04. The third-order valence-electron chi connectivity index (χ3n) is 3.59. The van der Waals surface area contributed by atoms with Crippen LogP contribution in [-0.2, 0) is 10.3 Å². The highest BCUT2D eigenvalue weighted by Gasteiger charge is 2.37. The van der Waals surface area contributed by atoms with E-state index in [4.69, 9.17) is 4.74 Å². The van der Waals surface area contributed by atoms with Gasteiger partial charge < -0.3 is 10.1 Å². The van der Waals surface area contributed by atoms with Gasteiger partial charge in [-0.15, -0.1) is 0 Å². The van der Waals surface area contributed by atoms with E-state index in [1.165, 1.54) is 5.56 Å². The molecule has 3 rings (SSSR count). The van der Waals surface area contributed by atoms with Crippen LogP contribution < -0.4 is 5.32 Å². The second-order valence-corrected chi connectivity index (χ2v) is 5.91. The fraction of sp³-hybridized carbons (Fsp3) is 0.250. The highest BCUT2D eigenvalue weighted by molar-refractivity contribution is 9.10. The zero-order valence-corrected chi connectivity index (χ0v) is 12.6. The van der Waals surface area contributed by atoms with Crippen LogP contribution in [0.3, 0.4) is 0 Å². The molecule has 2 aromatic carbocycles. The first-order valence-corrected chi connectivity index (χ1v) is 7.19. The summed E-state index contributed by atoms with van der Waals surface area (Å²) in [5, 5.41) is 3.37. The molecule has 2 nitrogen and oxygen atoms in total. The van der Waals surface area contributed by atoms with Gasteiger partial charge in [0.1, 0.15) is 11.8 Å². The van der Waals surface area contributed by atoms with Crippen molar-refractivity contribution in [3.05, 3.63) is 64.1 Å². The van der Waals surface area contributed by atoms with E-state index in [-0.39, 0.29) is 6.23 Å². The Labute approximate surface area is 121 Å². The summed E-state index contributed by atoms with van der Waals surface area (Å²) in [6.07, 6.45) is -0.0149. The minimum atomic E-state index is -0.426. The summed E-state index contributed by atoms with van der Waals surface area (Å²) in [4.78, 5) is 0. The highest BCUT2D eigenvalue weighted by Crippen LogP contribution is 2.42. The second kappa shape index (κ2) is 4.66. The third-order valence-corrected chi connectivity index (χ3v) is 4.08. The van der Waals surface area contributed by atoms with Crippen LogP contribution in [0.5, 0.6) is 0 Å². The van der Waals surface area contributed by atoms with Crippen molar-refractivity contribution in [2.75, 3.05) is 5.32 Å². The number of nitrogens with one attached hydrogen (secondary N) is 1. The minimum Gasteiger partial charge on any atom is -0.360 e. The van der Waals surface area contributed by atoms with E-state index in [0.29, 0.717) is 0 Å². The Morgan fingerprint density at radius 1 is 1.16 bits per heavy atom. The van der Waals surface area contributed by atoms with Crippen molar-refractivity contribution < 1.29 is 4.74 Å². The predicted octanol–water partition coefficient (Wildman–Crippen LogP) is 4.50. The predicted molar refractivity (Wildman–Crippen MR) is 81.2 cm³/mol. The largest absolute Gasteiger partial charge is 0.360 e. The number of hydrogen-bond donors (Lipinski definition) is 1. The summed E-state index contributed by atoms with van der Waals surface area (Å²) in [6, 6.07) is 16.6. The Morgan fingerprint density at radius 3 is 2.63 bits per heavy atom. The number of rotatable bonds is 1. The van der Waals surface area contributed by atoms with Gasteiger partial charge in [0.05, 0.1) is 0 Å². The Bertz CT molecular complexity index is 599. The molecule has 98 valence electrons. The molecule has 19 heavy (non-hydrogen) atoms. The van der Waals surface area contributed by atoms with Crippen LogP contribution in [-0.4, -0.2) is 6.23 Å².